The molecule has 0 aliphatic heterocycles. The van der Waals surface area contributed by atoms with Crippen molar-refractivity contribution in [2.75, 3.05) is 26.5 Å². The normalized spacial score (nSPS) is 12.9. The maximum absolute atomic E-state index is 11.5. The first-order chi connectivity index (χ1) is 13.8. The predicted octanol–water partition coefficient (Wildman–Crippen LogP) is 2.62. The van der Waals surface area contributed by atoms with Crippen molar-refractivity contribution in [2.24, 2.45) is 4.99 Å². The van der Waals surface area contributed by atoms with Gasteiger partial charge in [0.15, 0.2) is 15.8 Å². The number of sulfone groups is 1. The minimum Gasteiger partial charge on any atom is -0.497 e. The van der Waals surface area contributed by atoms with E-state index in [0.29, 0.717) is 23.9 Å². The van der Waals surface area contributed by atoms with Crippen LogP contribution >= 0.6 is 0 Å². The second kappa shape index (κ2) is 10.7. The van der Waals surface area contributed by atoms with Gasteiger partial charge < -0.3 is 20.1 Å². The van der Waals surface area contributed by atoms with E-state index in [4.69, 9.17) is 9.47 Å². The lowest BCUT2D eigenvalue weighted by molar-refractivity contribution is 0.223. The number of guanidine groups is 1. The smallest absolute Gasteiger partial charge is 0.191 e. The van der Waals surface area contributed by atoms with E-state index < -0.39 is 9.84 Å². The van der Waals surface area contributed by atoms with Crippen LogP contribution in [0.25, 0.3) is 0 Å². The van der Waals surface area contributed by atoms with E-state index in [-0.39, 0.29) is 6.10 Å². The van der Waals surface area contributed by atoms with Gasteiger partial charge in [0, 0.05) is 18.9 Å². The van der Waals surface area contributed by atoms with Crippen LogP contribution < -0.4 is 20.1 Å². The summed E-state index contributed by atoms with van der Waals surface area (Å²) in [6.07, 6.45) is 1.11. The van der Waals surface area contributed by atoms with Crippen LogP contribution in [0.2, 0.25) is 0 Å². The molecule has 29 heavy (non-hydrogen) atoms. The van der Waals surface area contributed by atoms with Crippen molar-refractivity contribution < 1.29 is 17.9 Å². The van der Waals surface area contributed by atoms with E-state index in [1.54, 1.807) is 31.4 Å². The van der Waals surface area contributed by atoms with Crippen molar-refractivity contribution in [3.63, 3.8) is 0 Å². The second-order valence-electron chi connectivity index (χ2n) is 6.60. The van der Waals surface area contributed by atoms with Gasteiger partial charge in [-0.05, 0) is 43.7 Å². The average molecular weight is 420 g/mol. The summed E-state index contributed by atoms with van der Waals surface area (Å²) >= 11 is 0. The maximum atomic E-state index is 11.5. The fourth-order valence-corrected chi connectivity index (χ4v) is 3.17. The molecule has 2 rings (SSSR count). The topological polar surface area (TPSA) is 89.0 Å². The molecule has 2 aromatic rings. The molecule has 1 atom stereocenters. The number of nitrogens with one attached hydrogen (secondary N) is 2. The molecule has 0 bridgehead atoms. The van der Waals surface area contributed by atoms with Crippen molar-refractivity contribution >= 4 is 15.8 Å². The first kappa shape index (κ1) is 22.5. The number of benzene rings is 2. The number of rotatable bonds is 9. The lowest BCUT2D eigenvalue weighted by atomic mass is 10.2. The van der Waals surface area contributed by atoms with Crippen LogP contribution in [0.3, 0.4) is 0 Å². The molecule has 0 aliphatic carbocycles. The number of ether oxygens (including phenoxy) is 2. The van der Waals surface area contributed by atoms with E-state index in [1.165, 1.54) is 6.26 Å². The molecule has 8 heteroatoms. The number of nitrogens with zero attached hydrogens (tertiary/aromatic N) is 1. The van der Waals surface area contributed by atoms with E-state index in [9.17, 15) is 8.42 Å². The summed E-state index contributed by atoms with van der Waals surface area (Å²) in [6, 6.07) is 14.2. The Morgan fingerprint density at radius 3 is 2.41 bits per heavy atom. The summed E-state index contributed by atoms with van der Waals surface area (Å²) in [7, 11) is -1.57. The highest BCUT2D eigenvalue weighted by Crippen LogP contribution is 2.19. The molecule has 2 aromatic carbocycles. The summed E-state index contributed by atoms with van der Waals surface area (Å²) in [5.41, 5.74) is 0.926. The molecule has 0 amide bonds. The van der Waals surface area contributed by atoms with Gasteiger partial charge in [0.05, 0.1) is 25.1 Å². The molecule has 0 radical (unpaired) electrons. The first-order valence-electron chi connectivity index (χ1n) is 9.43. The lowest BCUT2D eigenvalue weighted by Gasteiger charge is -2.18. The summed E-state index contributed by atoms with van der Waals surface area (Å²) in [6.45, 7) is 5.69. The third-order valence-electron chi connectivity index (χ3n) is 4.05. The van der Waals surface area contributed by atoms with Gasteiger partial charge in [0.1, 0.15) is 17.6 Å². The molecule has 0 fully saturated rings. The summed E-state index contributed by atoms with van der Waals surface area (Å²) in [5.74, 6) is 2.16. The highest BCUT2D eigenvalue weighted by molar-refractivity contribution is 7.90. The Morgan fingerprint density at radius 1 is 1.10 bits per heavy atom. The van der Waals surface area contributed by atoms with Crippen LogP contribution in [0.5, 0.6) is 11.5 Å². The first-order valence-corrected chi connectivity index (χ1v) is 11.3. The quantitative estimate of drug-likeness (QED) is 0.480. The van der Waals surface area contributed by atoms with Gasteiger partial charge in [0.25, 0.3) is 0 Å². The zero-order valence-electron chi connectivity index (χ0n) is 17.3. The van der Waals surface area contributed by atoms with Gasteiger partial charge in [0.2, 0.25) is 0 Å². The largest absolute Gasteiger partial charge is 0.497 e. The number of hydrogen-bond acceptors (Lipinski definition) is 5. The SMILES string of the molecule is CCNC(=NCc1ccc(S(C)(=O)=O)cc1)NCC(C)Oc1cccc(OC)c1. The molecule has 158 valence electrons. The van der Waals surface area contributed by atoms with E-state index in [1.807, 2.05) is 38.1 Å². The van der Waals surface area contributed by atoms with Crippen molar-refractivity contribution in [1.82, 2.24) is 10.6 Å². The molecule has 0 saturated carbocycles. The number of methoxy groups -OCH3 is 1. The molecular formula is C21H29N3O4S. The predicted molar refractivity (Wildman–Crippen MR) is 115 cm³/mol. The van der Waals surface area contributed by atoms with Crippen LogP contribution in [0, 0.1) is 0 Å². The van der Waals surface area contributed by atoms with E-state index in [0.717, 1.165) is 23.6 Å². The zero-order chi connectivity index (χ0) is 21.3. The molecule has 2 N–H and O–H groups in total. The number of aliphatic imine (C=N–C) groups is 1. The Labute approximate surface area is 173 Å². The van der Waals surface area contributed by atoms with Crippen molar-refractivity contribution in [1.29, 1.82) is 0 Å². The minimum absolute atomic E-state index is 0.0833. The highest BCUT2D eigenvalue weighted by atomic mass is 32.2. The Hall–Kier alpha value is -2.74. The summed E-state index contributed by atoms with van der Waals surface area (Å²) in [4.78, 5) is 4.86. The van der Waals surface area contributed by atoms with Gasteiger partial charge in [-0.15, -0.1) is 0 Å². The fourth-order valence-electron chi connectivity index (χ4n) is 2.54. The van der Waals surface area contributed by atoms with Gasteiger partial charge in [-0.25, -0.2) is 13.4 Å². The second-order valence-corrected chi connectivity index (χ2v) is 8.62. The van der Waals surface area contributed by atoms with Crippen LogP contribution in [-0.2, 0) is 16.4 Å². The molecule has 0 spiro atoms. The molecular weight excluding hydrogens is 390 g/mol. The molecule has 0 heterocycles. The fraction of sp³-hybridized carbons (Fsp3) is 0.381. The summed E-state index contributed by atoms with van der Waals surface area (Å²) < 4.78 is 34.2. The maximum Gasteiger partial charge on any atom is 0.191 e. The van der Waals surface area contributed by atoms with E-state index >= 15 is 0 Å². The highest BCUT2D eigenvalue weighted by Gasteiger charge is 2.08. The molecule has 7 nitrogen and oxygen atoms in total. The van der Waals surface area contributed by atoms with E-state index in [2.05, 4.69) is 15.6 Å². The Bertz CT molecular complexity index is 912. The van der Waals surface area contributed by atoms with Gasteiger partial charge >= 0.3 is 0 Å². The number of hydrogen-bond donors (Lipinski definition) is 2. The van der Waals surface area contributed by atoms with Crippen molar-refractivity contribution in [3.8, 4) is 11.5 Å². The van der Waals surface area contributed by atoms with Gasteiger partial charge in [-0.2, -0.15) is 0 Å². The zero-order valence-corrected chi connectivity index (χ0v) is 18.1. The Balaban J connectivity index is 1.92. The molecule has 0 aromatic heterocycles. The Kier molecular flexibility index (Phi) is 8.33. The van der Waals surface area contributed by atoms with Crippen LogP contribution in [0.1, 0.15) is 19.4 Å². The standard InChI is InChI=1S/C21H29N3O4S/c1-5-22-21(24-15-17-9-11-20(12-10-17)29(4,25)26)23-14-16(2)28-19-8-6-7-18(13-19)27-3/h6-13,16H,5,14-15H2,1-4H3,(H2,22,23,24). The third kappa shape index (κ3) is 7.65. The van der Waals surface area contributed by atoms with Gasteiger partial charge in [-0.3, -0.25) is 0 Å². The molecule has 0 aliphatic rings. The summed E-state index contributed by atoms with van der Waals surface area (Å²) in [5, 5.41) is 6.46. The van der Waals surface area contributed by atoms with Crippen LogP contribution in [0.4, 0.5) is 0 Å². The Morgan fingerprint density at radius 2 is 1.79 bits per heavy atom. The lowest BCUT2D eigenvalue weighted by Crippen LogP contribution is -2.41. The van der Waals surface area contributed by atoms with Crippen LogP contribution in [0.15, 0.2) is 58.4 Å². The van der Waals surface area contributed by atoms with Crippen molar-refractivity contribution in [2.45, 2.75) is 31.4 Å². The monoisotopic (exact) mass is 419 g/mol. The van der Waals surface area contributed by atoms with Crippen LogP contribution in [-0.4, -0.2) is 46.9 Å². The van der Waals surface area contributed by atoms with Crippen molar-refractivity contribution in [3.05, 3.63) is 54.1 Å². The third-order valence-corrected chi connectivity index (χ3v) is 5.18. The average Bonchev–Trinajstić information content (AvgIpc) is 2.70. The minimum atomic E-state index is -3.19. The molecule has 0 saturated heterocycles. The molecule has 1 unspecified atom stereocenters. The van der Waals surface area contributed by atoms with Gasteiger partial charge in [-0.1, -0.05) is 18.2 Å².